The lowest BCUT2D eigenvalue weighted by Crippen LogP contribution is -2.39. The first kappa shape index (κ1) is 13.0. The van der Waals surface area contributed by atoms with E-state index >= 15 is 0 Å². The van der Waals surface area contributed by atoms with Crippen molar-refractivity contribution in [3.8, 4) is 0 Å². The van der Waals surface area contributed by atoms with Crippen molar-refractivity contribution < 1.29 is 14.3 Å². The molecule has 0 aromatic carbocycles. The monoisotopic (exact) mass is 228 g/mol. The van der Waals surface area contributed by atoms with Crippen molar-refractivity contribution in [2.24, 2.45) is 5.92 Å². The lowest BCUT2D eigenvalue weighted by molar-refractivity contribution is -0.146. The van der Waals surface area contributed by atoms with Crippen LogP contribution in [0, 0.1) is 5.92 Å². The van der Waals surface area contributed by atoms with Gasteiger partial charge in [0.2, 0.25) is 5.91 Å². The largest absolute Gasteiger partial charge is 0.469 e. The molecule has 0 aromatic rings. The van der Waals surface area contributed by atoms with Crippen LogP contribution in [0.2, 0.25) is 0 Å². The second-order valence-corrected chi connectivity index (χ2v) is 4.46. The van der Waals surface area contributed by atoms with Crippen molar-refractivity contribution >= 4 is 11.9 Å². The minimum absolute atomic E-state index is 0.0461. The standard InChI is InChI=1S/C11H20N2O3/c1-8-9(11(15)16-4)7-10(14)13(8)6-5-12(2)3/h8-9H,5-7H2,1-4H3. The normalized spacial score (nSPS) is 25.3. The molecule has 1 heterocycles. The number of esters is 1. The van der Waals surface area contributed by atoms with Crippen LogP contribution in [-0.2, 0) is 14.3 Å². The zero-order valence-electron chi connectivity index (χ0n) is 10.4. The Morgan fingerprint density at radius 3 is 2.69 bits per heavy atom. The van der Waals surface area contributed by atoms with Crippen LogP contribution in [0.25, 0.3) is 0 Å². The van der Waals surface area contributed by atoms with Crippen LogP contribution in [-0.4, -0.2) is 62.0 Å². The number of nitrogens with zero attached hydrogens (tertiary/aromatic N) is 2. The number of carbonyl (C=O) groups is 2. The summed E-state index contributed by atoms with van der Waals surface area (Å²) in [6.45, 7) is 3.38. The Kier molecular flexibility index (Phi) is 4.29. The summed E-state index contributed by atoms with van der Waals surface area (Å²) in [7, 11) is 5.29. The Morgan fingerprint density at radius 1 is 1.56 bits per heavy atom. The zero-order chi connectivity index (χ0) is 12.3. The molecule has 0 bridgehead atoms. The summed E-state index contributed by atoms with van der Waals surface area (Å²) in [5.74, 6) is -0.544. The third-order valence-electron chi connectivity index (χ3n) is 3.08. The maximum Gasteiger partial charge on any atom is 0.311 e. The van der Waals surface area contributed by atoms with Crippen LogP contribution in [0.15, 0.2) is 0 Å². The molecule has 92 valence electrons. The van der Waals surface area contributed by atoms with E-state index in [-0.39, 0.29) is 30.3 Å². The molecule has 5 heteroatoms. The van der Waals surface area contributed by atoms with Crippen molar-refractivity contribution in [2.75, 3.05) is 34.3 Å². The van der Waals surface area contributed by atoms with Gasteiger partial charge in [-0.1, -0.05) is 0 Å². The second kappa shape index (κ2) is 5.30. The SMILES string of the molecule is COC(=O)C1CC(=O)N(CCN(C)C)C1C. The van der Waals surface area contributed by atoms with E-state index in [1.807, 2.05) is 25.9 Å². The predicted molar refractivity (Wildman–Crippen MR) is 59.9 cm³/mol. The zero-order valence-corrected chi connectivity index (χ0v) is 10.4. The van der Waals surface area contributed by atoms with Crippen LogP contribution in [0.1, 0.15) is 13.3 Å². The van der Waals surface area contributed by atoms with Gasteiger partial charge in [-0.15, -0.1) is 0 Å². The second-order valence-electron chi connectivity index (χ2n) is 4.46. The molecule has 2 atom stereocenters. The Hall–Kier alpha value is -1.10. The Balaban J connectivity index is 2.60. The molecule has 1 fully saturated rings. The summed E-state index contributed by atoms with van der Waals surface area (Å²) in [4.78, 5) is 27.0. The maximum absolute atomic E-state index is 11.7. The first-order valence-electron chi connectivity index (χ1n) is 5.49. The quantitative estimate of drug-likeness (QED) is 0.633. The third kappa shape index (κ3) is 2.72. The molecule has 2 unspecified atom stereocenters. The van der Waals surface area contributed by atoms with E-state index in [1.165, 1.54) is 7.11 Å². The maximum atomic E-state index is 11.7. The predicted octanol–water partition coefficient (Wildman–Crippen LogP) is -0.0420. The van der Waals surface area contributed by atoms with E-state index in [2.05, 4.69) is 0 Å². The first-order chi connectivity index (χ1) is 7.47. The fourth-order valence-electron chi connectivity index (χ4n) is 1.99. The molecule has 0 saturated carbocycles. The van der Waals surface area contributed by atoms with Gasteiger partial charge in [-0.05, 0) is 21.0 Å². The Morgan fingerprint density at radius 2 is 2.19 bits per heavy atom. The number of ether oxygens (including phenoxy) is 1. The highest BCUT2D eigenvalue weighted by molar-refractivity contribution is 5.87. The third-order valence-corrected chi connectivity index (χ3v) is 3.08. The average Bonchev–Trinajstić information content (AvgIpc) is 2.51. The number of carbonyl (C=O) groups excluding carboxylic acids is 2. The van der Waals surface area contributed by atoms with E-state index in [1.54, 1.807) is 4.90 Å². The van der Waals surface area contributed by atoms with E-state index in [0.717, 1.165) is 6.54 Å². The number of amides is 1. The smallest absolute Gasteiger partial charge is 0.311 e. The molecule has 0 aliphatic carbocycles. The Bertz CT molecular complexity index is 278. The van der Waals surface area contributed by atoms with Crippen molar-refractivity contribution in [3.63, 3.8) is 0 Å². The van der Waals surface area contributed by atoms with Crippen LogP contribution < -0.4 is 0 Å². The van der Waals surface area contributed by atoms with Crippen LogP contribution in [0.3, 0.4) is 0 Å². The summed E-state index contributed by atoms with van der Waals surface area (Å²) in [6, 6.07) is -0.0556. The number of likely N-dealkylation sites (tertiary alicyclic amines) is 1. The topological polar surface area (TPSA) is 49.9 Å². The highest BCUT2D eigenvalue weighted by Gasteiger charge is 2.41. The van der Waals surface area contributed by atoms with Gasteiger partial charge in [0.15, 0.2) is 0 Å². The number of methoxy groups -OCH3 is 1. The molecule has 0 spiro atoms. The van der Waals surface area contributed by atoms with Gasteiger partial charge in [-0.3, -0.25) is 9.59 Å². The van der Waals surface area contributed by atoms with Crippen molar-refractivity contribution in [2.45, 2.75) is 19.4 Å². The van der Waals surface area contributed by atoms with Gasteiger partial charge in [-0.25, -0.2) is 0 Å². The summed E-state index contributed by atoms with van der Waals surface area (Å²) in [5.41, 5.74) is 0. The van der Waals surface area contributed by atoms with Crippen molar-refractivity contribution in [1.29, 1.82) is 0 Å². The fourth-order valence-corrected chi connectivity index (χ4v) is 1.99. The molecule has 0 radical (unpaired) electrons. The van der Waals surface area contributed by atoms with Crippen LogP contribution in [0.5, 0.6) is 0 Å². The molecule has 0 N–H and O–H groups in total. The molecule has 1 aliphatic heterocycles. The molecule has 1 saturated heterocycles. The van der Waals surface area contributed by atoms with Gasteiger partial charge in [0, 0.05) is 25.6 Å². The van der Waals surface area contributed by atoms with Crippen LogP contribution in [0.4, 0.5) is 0 Å². The summed E-state index contributed by atoms with van der Waals surface area (Å²) in [5, 5.41) is 0. The number of likely N-dealkylation sites (N-methyl/N-ethyl adjacent to an activating group) is 1. The highest BCUT2D eigenvalue weighted by atomic mass is 16.5. The first-order valence-corrected chi connectivity index (χ1v) is 5.49. The summed E-state index contributed by atoms with van der Waals surface area (Å²) >= 11 is 0. The summed E-state index contributed by atoms with van der Waals surface area (Å²) in [6.07, 6.45) is 0.279. The number of hydrogen-bond donors (Lipinski definition) is 0. The van der Waals surface area contributed by atoms with E-state index in [9.17, 15) is 9.59 Å². The molecule has 1 rings (SSSR count). The summed E-state index contributed by atoms with van der Waals surface area (Å²) < 4.78 is 4.70. The molecule has 0 aromatic heterocycles. The van der Waals surface area contributed by atoms with E-state index < -0.39 is 0 Å². The van der Waals surface area contributed by atoms with Gasteiger partial charge in [0.25, 0.3) is 0 Å². The minimum atomic E-state index is -0.306. The average molecular weight is 228 g/mol. The molecule has 5 nitrogen and oxygen atoms in total. The van der Waals surface area contributed by atoms with Gasteiger partial charge >= 0.3 is 5.97 Å². The van der Waals surface area contributed by atoms with Crippen molar-refractivity contribution in [1.82, 2.24) is 9.80 Å². The van der Waals surface area contributed by atoms with Gasteiger partial charge in [-0.2, -0.15) is 0 Å². The number of hydrogen-bond acceptors (Lipinski definition) is 4. The highest BCUT2D eigenvalue weighted by Crippen LogP contribution is 2.25. The van der Waals surface area contributed by atoms with E-state index in [4.69, 9.17) is 4.74 Å². The minimum Gasteiger partial charge on any atom is -0.469 e. The molecule has 1 aliphatic rings. The molecule has 1 amide bonds. The lowest BCUT2D eigenvalue weighted by Gasteiger charge is -2.25. The van der Waals surface area contributed by atoms with Crippen molar-refractivity contribution in [3.05, 3.63) is 0 Å². The lowest BCUT2D eigenvalue weighted by atomic mass is 10.0. The van der Waals surface area contributed by atoms with Gasteiger partial charge in [0.05, 0.1) is 13.0 Å². The number of rotatable bonds is 4. The fraction of sp³-hybridized carbons (Fsp3) is 0.818. The molecular formula is C11H20N2O3. The van der Waals surface area contributed by atoms with Gasteiger partial charge in [0.1, 0.15) is 0 Å². The Labute approximate surface area is 96.3 Å². The van der Waals surface area contributed by atoms with E-state index in [0.29, 0.717) is 6.54 Å². The van der Waals surface area contributed by atoms with Gasteiger partial charge < -0.3 is 14.5 Å². The molecule has 16 heavy (non-hydrogen) atoms. The van der Waals surface area contributed by atoms with Crippen LogP contribution >= 0.6 is 0 Å². The molecular weight excluding hydrogens is 208 g/mol.